The topological polar surface area (TPSA) is 49.4 Å². The number of benzene rings is 2. The largest absolute Gasteiger partial charge is 0.325 e. The van der Waals surface area contributed by atoms with Gasteiger partial charge < -0.3 is 5.32 Å². The summed E-state index contributed by atoms with van der Waals surface area (Å²) in [5.41, 5.74) is 0.604. The van der Waals surface area contributed by atoms with Gasteiger partial charge in [-0.1, -0.05) is 58.7 Å². The Morgan fingerprint density at radius 1 is 1.08 bits per heavy atom. The second kappa shape index (κ2) is 6.57. The van der Waals surface area contributed by atoms with E-state index in [4.69, 9.17) is 11.6 Å². The first-order valence-electron chi connectivity index (χ1n) is 7.61. The van der Waals surface area contributed by atoms with Gasteiger partial charge >= 0.3 is 6.03 Å². The average Bonchev–Trinajstić information content (AvgIpc) is 2.82. The van der Waals surface area contributed by atoms with Crippen molar-refractivity contribution in [3.63, 3.8) is 0 Å². The van der Waals surface area contributed by atoms with Crippen LogP contribution in [0.15, 0.2) is 53.0 Å². The first kappa shape index (κ1) is 17.0. The molecule has 1 saturated heterocycles. The van der Waals surface area contributed by atoms with Crippen molar-refractivity contribution >= 4 is 39.5 Å². The van der Waals surface area contributed by atoms with Crippen LogP contribution in [-0.4, -0.2) is 16.8 Å². The van der Waals surface area contributed by atoms with Gasteiger partial charge in [0, 0.05) is 9.50 Å². The van der Waals surface area contributed by atoms with E-state index in [0.717, 1.165) is 15.6 Å². The summed E-state index contributed by atoms with van der Waals surface area (Å²) in [5, 5.41) is 3.46. The number of hydrogen-bond donors (Lipinski definition) is 1. The summed E-state index contributed by atoms with van der Waals surface area (Å²) in [4.78, 5) is 26.7. The van der Waals surface area contributed by atoms with Crippen molar-refractivity contribution in [2.24, 2.45) is 0 Å². The fraction of sp³-hybridized carbons (Fsp3) is 0.222. The molecule has 24 heavy (non-hydrogen) atoms. The lowest BCUT2D eigenvalue weighted by molar-refractivity contribution is -0.132. The molecule has 0 spiro atoms. The van der Waals surface area contributed by atoms with E-state index in [9.17, 15) is 9.59 Å². The first-order chi connectivity index (χ1) is 11.5. The summed E-state index contributed by atoms with van der Waals surface area (Å²) < 4.78 is 0.951. The Bertz CT molecular complexity index is 777. The van der Waals surface area contributed by atoms with E-state index in [1.165, 1.54) is 4.90 Å². The fourth-order valence-electron chi connectivity index (χ4n) is 2.92. The van der Waals surface area contributed by atoms with E-state index in [-0.39, 0.29) is 18.5 Å². The van der Waals surface area contributed by atoms with Crippen LogP contribution in [-0.2, 0) is 16.9 Å². The molecule has 124 valence electrons. The van der Waals surface area contributed by atoms with Crippen molar-refractivity contribution in [2.45, 2.75) is 25.4 Å². The zero-order valence-corrected chi connectivity index (χ0v) is 15.4. The van der Waals surface area contributed by atoms with Gasteiger partial charge in [-0.2, -0.15) is 0 Å². The van der Waals surface area contributed by atoms with Gasteiger partial charge in [0.2, 0.25) is 0 Å². The molecule has 4 nitrogen and oxygen atoms in total. The molecule has 3 amide bonds. The molecule has 0 unspecified atom stereocenters. The standard InChI is InChI=1S/C18H16BrClN2O2/c1-2-18(13-5-9-15(20)10-6-13)16(23)22(17(24)21-18)11-12-3-7-14(19)8-4-12/h3-10H,2,11H2,1H3,(H,21,24)/t18-/m0/s1. The van der Waals surface area contributed by atoms with Crippen molar-refractivity contribution in [3.05, 3.63) is 69.2 Å². The summed E-state index contributed by atoms with van der Waals surface area (Å²) in [6.07, 6.45) is 0.468. The van der Waals surface area contributed by atoms with Crippen LogP contribution in [0.2, 0.25) is 5.02 Å². The third kappa shape index (κ3) is 2.94. The molecule has 3 rings (SSSR count). The zero-order valence-electron chi connectivity index (χ0n) is 13.1. The summed E-state index contributed by atoms with van der Waals surface area (Å²) in [7, 11) is 0. The van der Waals surface area contributed by atoms with E-state index in [1.54, 1.807) is 24.3 Å². The van der Waals surface area contributed by atoms with Crippen molar-refractivity contribution in [2.75, 3.05) is 0 Å². The summed E-state index contributed by atoms with van der Waals surface area (Å²) in [6, 6.07) is 14.2. The molecule has 1 N–H and O–H groups in total. The molecular weight excluding hydrogens is 392 g/mol. The SMILES string of the molecule is CC[C@@]1(c2ccc(Cl)cc2)NC(=O)N(Cc2ccc(Br)cc2)C1=O. The number of rotatable bonds is 4. The Morgan fingerprint density at radius 3 is 2.29 bits per heavy atom. The van der Waals surface area contributed by atoms with Gasteiger partial charge in [0.25, 0.3) is 5.91 Å². The quantitative estimate of drug-likeness (QED) is 0.761. The molecule has 0 aliphatic carbocycles. The van der Waals surface area contributed by atoms with Crippen molar-refractivity contribution in [1.82, 2.24) is 10.2 Å². The van der Waals surface area contributed by atoms with Crippen LogP contribution in [0, 0.1) is 0 Å². The number of hydrogen-bond acceptors (Lipinski definition) is 2. The molecule has 2 aromatic rings. The van der Waals surface area contributed by atoms with E-state index in [2.05, 4.69) is 21.2 Å². The molecule has 6 heteroatoms. The molecule has 0 saturated carbocycles. The lowest BCUT2D eigenvalue weighted by Gasteiger charge is -2.26. The van der Waals surface area contributed by atoms with Crippen LogP contribution < -0.4 is 5.32 Å². The molecule has 1 fully saturated rings. The molecule has 2 aromatic carbocycles. The Hall–Kier alpha value is -1.85. The minimum atomic E-state index is -1.03. The minimum absolute atomic E-state index is 0.236. The number of carbonyl (C=O) groups is 2. The van der Waals surface area contributed by atoms with E-state index >= 15 is 0 Å². The van der Waals surface area contributed by atoms with Crippen molar-refractivity contribution in [1.29, 1.82) is 0 Å². The highest BCUT2D eigenvalue weighted by Gasteiger charge is 2.51. The van der Waals surface area contributed by atoms with Crippen LogP contribution in [0.3, 0.4) is 0 Å². The highest BCUT2D eigenvalue weighted by molar-refractivity contribution is 9.10. The average molecular weight is 408 g/mol. The first-order valence-corrected chi connectivity index (χ1v) is 8.78. The smallest absolute Gasteiger partial charge is 0.319 e. The van der Waals surface area contributed by atoms with Gasteiger partial charge in [0.05, 0.1) is 6.54 Å². The Morgan fingerprint density at radius 2 is 1.71 bits per heavy atom. The molecule has 1 aliphatic rings. The fourth-order valence-corrected chi connectivity index (χ4v) is 3.31. The second-order valence-corrected chi connectivity index (χ2v) is 7.07. The molecule has 0 aromatic heterocycles. The number of carbonyl (C=O) groups excluding carboxylic acids is 2. The highest BCUT2D eigenvalue weighted by atomic mass is 79.9. The number of imide groups is 1. The predicted molar refractivity (Wildman–Crippen MR) is 96.6 cm³/mol. The monoisotopic (exact) mass is 406 g/mol. The third-order valence-electron chi connectivity index (χ3n) is 4.30. The molecule has 1 heterocycles. The predicted octanol–water partition coefficient (Wildman–Crippen LogP) is 4.46. The number of nitrogens with one attached hydrogen (secondary N) is 1. The highest BCUT2D eigenvalue weighted by Crippen LogP contribution is 2.33. The normalized spacial score (nSPS) is 20.4. The Balaban J connectivity index is 1.91. The van der Waals surface area contributed by atoms with Crippen molar-refractivity contribution < 1.29 is 9.59 Å². The van der Waals surface area contributed by atoms with Crippen LogP contribution in [0.1, 0.15) is 24.5 Å². The van der Waals surface area contributed by atoms with E-state index < -0.39 is 5.54 Å². The Kier molecular flexibility index (Phi) is 4.65. The van der Waals surface area contributed by atoms with Gasteiger partial charge in [-0.15, -0.1) is 0 Å². The molecular formula is C18H16BrClN2O2. The van der Waals surface area contributed by atoms with Gasteiger partial charge in [0.15, 0.2) is 0 Å². The maximum absolute atomic E-state index is 13.0. The van der Waals surface area contributed by atoms with Gasteiger partial charge in [-0.05, 0) is 41.8 Å². The number of halogens is 2. The maximum atomic E-state index is 13.0. The number of urea groups is 1. The van der Waals surface area contributed by atoms with Crippen LogP contribution in [0.25, 0.3) is 0 Å². The number of nitrogens with zero attached hydrogens (tertiary/aromatic N) is 1. The zero-order chi connectivity index (χ0) is 17.3. The summed E-state index contributed by atoms with van der Waals surface area (Å²) in [5.74, 6) is -0.236. The lowest BCUT2D eigenvalue weighted by atomic mass is 9.87. The van der Waals surface area contributed by atoms with Crippen molar-refractivity contribution in [3.8, 4) is 0 Å². The maximum Gasteiger partial charge on any atom is 0.325 e. The van der Waals surface area contributed by atoms with Gasteiger partial charge in [-0.25, -0.2) is 4.79 Å². The Labute approximate surface area is 153 Å². The van der Waals surface area contributed by atoms with Gasteiger partial charge in [0.1, 0.15) is 5.54 Å². The summed E-state index contributed by atoms with van der Waals surface area (Å²) in [6.45, 7) is 2.13. The molecule has 0 radical (unpaired) electrons. The minimum Gasteiger partial charge on any atom is -0.319 e. The molecule has 1 atom stereocenters. The van der Waals surface area contributed by atoms with E-state index in [1.807, 2.05) is 31.2 Å². The lowest BCUT2D eigenvalue weighted by Crippen LogP contribution is -2.43. The van der Waals surface area contributed by atoms with Crippen LogP contribution in [0.5, 0.6) is 0 Å². The molecule has 0 bridgehead atoms. The number of amides is 3. The third-order valence-corrected chi connectivity index (χ3v) is 5.08. The van der Waals surface area contributed by atoms with Crippen LogP contribution in [0.4, 0.5) is 4.79 Å². The second-order valence-electron chi connectivity index (χ2n) is 5.71. The van der Waals surface area contributed by atoms with E-state index in [0.29, 0.717) is 11.4 Å². The summed E-state index contributed by atoms with van der Waals surface area (Å²) >= 11 is 9.31. The van der Waals surface area contributed by atoms with Gasteiger partial charge in [-0.3, -0.25) is 9.69 Å². The molecule has 1 aliphatic heterocycles. The van der Waals surface area contributed by atoms with Crippen LogP contribution >= 0.6 is 27.5 Å².